The molecule has 3 heterocycles. The molecule has 0 bridgehead atoms. The molecule has 168 valence electrons. The van der Waals surface area contributed by atoms with E-state index in [2.05, 4.69) is 14.6 Å². The van der Waals surface area contributed by atoms with Crippen molar-refractivity contribution < 1.29 is 22.7 Å². The van der Waals surface area contributed by atoms with Gasteiger partial charge < -0.3 is 14.4 Å². The lowest BCUT2D eigenvalue weighted by Gasteiger charge is -2.33. The van der Waals surface area contributed by atoms with Crippen LogP contribution in [0.2, 0.25) is 0 Å². The molecule has 2 aliphatic rings. The van der Waals surface area contributed by atoms with Crippen LogP contribution in [0.25, 0.3) is 0 Å². The van der Waals surface area contributed by atoms with Gasteiger partial charge in [0.2, 0.25) is 0 Å². The number of piperidine rings is 1. The van der Waals surface area contributed by atoms with E-state index in [-0.39, 0.29) is 12.6 Å². The molecule has 0 aromatic carbocycles. The third kappa shape index (κ3) is 5.61. The number of pyridine rings is 1. The third-order valence-corrected chi connectivity index (χ3v) is 7.11. The normalized spacial score (nSPS) is 20.9. The fourth-order valence-corrected chi connectivity index (χ4v) is 5.19. The lowest BCUT2D eigenvalue weighted by atomic mass is 10.1. The number of morpholine rings is 1. The quantitative estimate of drug-likeness (QED) is 0.618. The van der Waals surface area contributed by atoms with Crippen LogP contribution in [0.4, 0.5) is 11.5 Å². The minimum atomic E-state index is -3.91. The number of rotatable bonds is 8. The van der Waals surface area contributed by atoms with Crippen LogP contribution in [0.15, 0.2) is 18.3 Å². The predicted octanol–water partition coefficient (Wildman–Crippen LogP) is 2.16. The minimum Gasteiger partial charge on any atom is -0.461 e. The van der Waals surface area contributed by atoms with Crippen LogP contribution in [0, 0.1) is 0 Å². The fraction of sp³-hybridized carbons (Fsp3) is 0.700. The van der Waals surface area contributed by atoms with E-state index in [9.17, 15) is 13.2 Å². The standard InChI is InChI=1S/C20H32N4O5S/c1-3-17(4-2)29-20(25)18-7-5-6-10-24(18)30(26,27)22-16-8-9-19(21-15-16)23-11-13-28-14-12-23/h8-9,15,17-18,22H,3-7,10-14H2,1-2H3/t18-/m0/s1. The van der Waals surface area contributed by atoms with E-state index in [0.717, 1.165) is 25.3 Å². The maximum atomic E-state index is 13.0. The summed E-state index contributed by atoms with van der Waals surface area (Å²) in [6.07, 6.45) is 4.71. The molecule has 1 atom stereocenters. The molecular formula is C20H32N4O5S. The van der Waals surface area contributed by atoms with Gasteiger partial charge in [0, 0.05) is 19.6 Å². The van der Waals surface area contributed by atoms with Crippen molar-refractivity contribution in [2.24, 2.45) is 0 Å². The Kier molecular flexibility index (Phi) is 7.90. The van der Waals surface area contributed by atoms with Crippen LogP contribution >= 0.6 is 0 Å². The molecule has 1 aromatic heterocycles. The summed E-state index contributed by atoms with van der Waals surface area (Å²) >= 11 is 0. The van der Waals surface area contributed by atoms with Gasteiger partial charge in [0.25, 0.3) is 0 Å². The summed E-state index contributed by atoms with van der Waals surface area (Å²) < 4.78 is 40.8. The molecule has 3 rings (SSSR count). The van der Waals surface area contributed by atoms with Crippen molar-refractivity contribution in [1.29, 1.82) is 0 Å². The zero-order chi connectivity index (χ0) is 21.6. The Bertz CT molecular complexity index is 792. The van der Waals surface area contributed by atoms with Gasteiger partial charge in [-0.2, -0.15) is 12.7 Å². The van der Waals surface area contributed by atoms with E-state index >= 15 is 0 Å². The first-order valence-electron chi connectivity index (χ1n) is 10.7. The Labute approximate surface area is 178 Å². The van der Waals surface area contributed by atoms with Crippen LogP contribution in [0.1, 0.15) is 46.0 Å². The Morgan fingerprint density at radius 3 is 2.60 bits per heavy atom. The molecule has 1 N–H and O–H groups in total. The maximum absolute atomic E-state index is 13.0. The number of carbonyl (C=O) groups excluding carboxylic acids is 1. The molecule has 0 amide bonds. The van der Waals surface area contributed by atoms with Crippen LogP contribution in [0.5, 0.6) is 0 Å². The Morgan fingerprint density at radius 1 is 1.23 bits per heavy atom. The lowest BCUT2D eigenvalue weighted by molar-refractivity contribution is -0.155. The van der Waals surface area contributed by atoms with E-state index in [1.807, 2.05) is 13.8 Å². The molecule has 2 fully saturated rings. The van der Waals surface area contributed by atoms with Crippen molar-refractivity contribution in [3.63, 3.8) is 0 Å². The number of hydrogen-bond donors (Lipinski definition) is 1. The highest BCUT2D eigenvalue weighted by molar-refractivity contribution is 7.90. The SMILES string of the molecule is CCC(CC)OC(=O)[C@@H]1CCCCN1S(=O)(=O)Nc1ccc(N2CCOCC2)nc1. The van der Waals surface area contributed by atoms with E-state index in [0.29, 0.717) is 44.6 Å². The topological polar surface area (TPSA) is 101 Å². The summed E-state index contributed by atoms with van der Waals surface area (Å²) in [7, 11) is -3.91. The monoisotopic (exact) mass is 440 g/mol. The molecule has 0 aliphatic carbocycles. The molecule has 30 heavy (non-hydrogen) atoms. The van der Waals surface area contributed by atoms with Gasteiger partial charge in [-0.15, -0.1) is 0 Å². The first kappa shape index (κ1) is 22.8. The molecule has 0 unspecified atom stereocenters. The highest BCUT2D eigenvalue weighted by Gasteiger charge is 2.38. The highest BCUT2D eigenvalue weighted by Crippen LogP contribution is 2.24. The summed E-state index contributed by atoms with van der Waals surface area (Å²) in [6, 6.07) is 2.69. The zero-order valence-electron chi connectivity index (χ0n) is 17.7. The number of nitrogens with zero attached hydrogens (tertiary/aromatic N) is 3. The Morgan fingerprint density at radius 2 is 1.97 bits per heavy atom. The largest absolute Gasteiger partial charge is 0.461 e. The molecule has 0 spiro atoms. The lowest BCUT2D eigenvalue weighted by Crippen LogP contribution is -2.51. The van der Waals surface area contributed by atoms with Crippen molar-refractivity contribution in [2.75, 3.05) is 42.5 Å². The van der Waals surface area contributed by atoms with Gasteiger partial charge in [-0.25, -0.2) is 4.98 Å². The summed E-state index contributed by atoms with van der Waals surface area (Å²) in [5.74, 6) is 0.320. The molecule has 2 saturated heterocycles. The number of ether oxygens (including phenoxy) is 2. The number of anilines is 2. The summed E-state index contributed by atoms with van der Waals surface area (Å²) in [5.41, 5.74) is 0.365. The van der Waals surface area contributed by atoms with Gasteiger partial charge >= 0.3 is 16.2 Å². The van der Waals surface area contributed by atoms with Crippen LogP contribution in [-0.2, 0) is 24.5 Å². The smallest absolute Gasteiger partial charge is 0.324 e. The van der Waals surface area contributed by atoms with Gasteiger partial charge in [-0.05, 0) is 44.2 Å². The highest BCUT2D eigenvalue weighted by atomic mass is 32.2. The Balaban J connectivity index is 1.68. The van der Waals surface area contributed by atoms with Crippen LogP contribution < -0.4 is 9.62 Å². The van der Waals surface area contributed by atoms with Gasteiger partial charge in [-0.1, -0.05) is 13.8 Å². The van der Waals surface area contributed by atoms with E-state index in [1.165, 1.54) is 10.5 Å². The summed E-state index contributed by atoms with van der Waals surface area (Å²) in [6.45, 7) is 7.01. The molecule has 1 aromatic rings. The molecular weight excluding hydrogens is 408 g/mol. The number of esters is 1. The minimum absolute atomic E-state index is 0.186. The third-order valence-electron chi connectivity index (χ3n) is 5.56. The van der Waals surface area contributed by atoms with Crippen molar-refractivity contribution in [3.8, 4) is 0 Å². The van der Waals surface area contributed by atoms with Crippen molar-refractivity contribution in [2.45, 2.75) is 58.1 Å². The average molecular weight is 441 g/mol. The second-order valence-corrected chi connectivity index (χ2v) is 9.23. The van der Waals surface area contributed by atoms with E-state index < -0.39 is 22.2 Å². The molecule has 0 saturated carbocycles. The van der Waals surface area contributed by atoms with E-state index in [4.69, 9.17) is 9.47 Å². The number of aromatic nitrogens is 1. The van der Waals surface area contributed by atoms with Crippen molar-refractivity contribution in [3.05, 3.63) is 18.3 Å². The number of hydrogen-bond acceptors (Lipinski definition) is 7. The molecule has 9 nitrogen and oxygen atoms in total. The molecule has 0 radical (unpaired) electrons. The molecule has 2 aliphatic heterocycles. The van der Waals surface area contributed by atoms with Gasteiger partial charge in [0.1, 0.15) is 18.0 Å². The van der Waals surface area contributed by atoms with E-state index in [1.54, 1.807) is 12.1 Å². The fourth-order valence-electron chi connectivity index (χ4n) is 3.76. The first-order chi connectivity index (χ1) is 14.4. The Hall–Kier alpha value is -1.91. The van der Waals surface area contributed by atoms with Crippen LogP contribution in [0.3, 0.4) is 0 Å². The maximum Gasteiger partial charge on any atom is 0.324 e. The van der Waals surface area contributed by atoms with Gasteiger partial charge in [0.05, 0.1) is 25.1 Å². The molecule has 10 heteroatoms. The second kappa shape index (κ2) is 10.4. The predicted molar refractivity (Wildman–Crippen MR) is 115 cm³/mol. The van der Waals surface area contributed by atoms with Crippen LogP contribution in [-0.4, -0.2) is 68.7 Å². The average Bonchev–Trinajstić information content (AvgIpc) is 2.78. The first-order valence-corrected chi connectivity index (χ1v) is 12.2. The van der Waals surface area contributed by atoms with Gasteiger partial charge in [-0.3, -0.25) is 9.52 Å². The summed E-state index contributed by atoms with van der Waals surface area (Å²) in [5, 5.41) is 0. The summed E-state index contributed by atoms with van der Waals surface area (Å²) in [4.78, 5) is 19.1. The number of carbonyl (C=O) groups is 1. The van der Waals surface area contributed by atoms with Crippen molar-refractivity contribution >= 4 is 27.7 Å². The van der Waals surface area contributed by atoms with Crippen molar-refractivity contribution in [1.82, 2.24) is 9.29 Å². The second-order valence-electron chi connectivity index (χ2n) is 7.61. The number of nitrogens with one attached hydrogen (secondary N) is 1. The zero-order valence-corrected chi connectivity index (χ0v) is 18.6. The van der Waals surface area contributed by atoms with Gasteiger partial charge in [0.15, 0.2) is 0 Å².